The first-order valence-electron chi connectivity index (χ1n) is 8.84. The first kappa shape index (κ1) is 19.6. The quantitative estimate of drug-likeness (QED) is 0.683. The van der Waals surface area contributed by atoms with E-state index in [1.165, 1.54) is 17.0 Å². The van der Waals surface area contributed by atoms with Crippen LogP contribution in [0.25, 0.3) is 0 Å². The minimum Gasteiger partial charge on any atom is -0.307 e. The third-order valence-corrected chi connectivity index (χ3v) is 5.02. The van der Waals surface area contributed by atoms with E-state index < -0.39 is 29.0 Å². The molecule has 0 spiro atoms. The van der Waals surface area contributed by atoms with E-state index in [4.69, 9.17) is 0 Å². The topological polar surface area (TPSA) is 104 Å². The number of nitrogens with one attached hydrogen (secondary N) is 2. The summed E-state index contributed by atoms with van der Waals surface area (Å²) in [6, 6.07) is 11.0. The first-order valence-corrected chi connectivity index (χ1v) is 8.84. The van der Waals surface area contributed by atoms with Gasteiger partial charge in [0, 0.05) is 17.8 Å². The molecule has 11 heteroatoms. The lowest BCUT2D eigenvalue weighted by Crippen LogP contribution is -2.43. The smallest absolute Gasteiger partial charge is 0.307 e. The maximum Gasteiger partial charge on any atom is 0.416 e. The molecule has 2 heterocycles. The number of para-hydroxylation sites is 1. The van der Waals surface area contributed by atoms with Crippen LogP contribution < -0.4 is 10.2 Å². The van der Waals surface area contributed by atoms with Crippen LogP contribution in [-0.4, -0.2) is 39.0 Å². The highest BCUT2D eigenvalue weighted by Crippen LogP contribution is 2.42. The predicted octanol–water partition coefficient (Wildman–Crippen LogP) is 2.78. The van der Waals surface area contributed by atoms with E-state index in [9.17, 15) is 22.8 Å². The Balaban J connectivity index is 1.69. The molecule has 30 heavy (non-hydrogen) atoms. The van der Waals surface area contributed by atoms with Crippen molar-refractivity contribution in [1.82, 2.24) is 20.6 Å². The van der Waals surface area contributed by atoms with Crippen molar-refractivity contribution in [1.29, 1.82) is 0 Å². The van der Waals surface area contributed by atoms with E-state index >= 15 is 0 Å². The minimum absolute atomic E-state index is 0.0429. The molecular formula is C19H15F3N6O2. The Labute approximate surface area is 168 Å². The van der Waals surface area contributed by atoms with Gasteiger partial charge in [-0.2, -0.15) is 13.2 Å². The number of carbonyl (C=O) groups is 2. The molecular weight excluding hydrogens is 401 g/mol. The van der Waals surface area contributed by atoms with Gasteiger partial charge in [0.25, 0.3) is 5.91 Å². The van der Waals surface area contributed by atoms with E-state index in [-0.39, 0.29) is 18.1 Å². The number of benzene rings is 2. The molecule has 0 saturated carbocycles. The van der Waals surface area contributed by atoms with Gasteiger partial charge in [0.05, 0.1) is 11.0 Å². The average molecular weight is 416 g/mol. The highest BCUT2D eigenvalue weighted by molar-refractivity contribution is 6.11. The van der Waals surface area contributed by atoms with E-state index in [1.807, 2.05) is 0 Å². The van der Waals surface area contributed by atoms with Crippen LogP contribution in [0.15, 0.2) is 48.5 Å². The van der Waals surface area contributed by atoms with Crippen molar-refractivity contribution in [3.8, 4) is 0 Å². The third-order valence-electron chi connectivity index (χ3n) is 5.02. The largest absolute Gasteiger partial charge is 0.416 e. The molecule has 1 aliphatic heterocycles. The molecule has 1 atom stereocenters. The van der Waals surface area contributed by atoms with Crippen LogP contribution in [0, 0.1) is 0 Å². The Hall–Kier alpha value is -3.76. The Morgan fingerprint density at radius 1 is 1.17 bits per heavy atom. The molecule has 0 saturated heterocycles. The van der Waals surface area contributed by atoms with Crippen LogP contribution in [0.4, 0.5) is 24.8 Å². The molecule has 0 bridgehead atoms. The maximum absolute atomic E-state index is 13.1. The van der Waals surface area contributed by atoms with Crippen molar-refractivity contribution in [3.63, 3.8) is 0 Å². The van der Waals surface area contributed by atoms with Crippen LogP contribution in [0.3, 0.4) is 0 Å². The number of fused-ring (bicyclic) bond motifs is 1. The summed E-state index contributed by atoms with van der Waals surface area (Å²) in [5.41, 5.74) is -1.19. The van der Waals surface area contributed by atoms with Gasteiger partial charge >= 0.3 is 6.18 Å². The zero-order valence-corrected chi connectivity index (χ0v) is 15.6. The van der Waals surface area contributed by atoms with Crippen molar-refractivity contribution in [3.05, 3.63) is 65.2 Å². The molecule has 2 amide bonds. The molecule has 1 aromatic heterocycles. The van der Waals surface area contributed by atoms with Gasteiger partial charge in [0.2, 0.25) is 11.9 Å². The molecule has 1 unspecified atom stereocenters. The number of aromatic nitrogens is 4. The second-order valence-electron chi connectivity index (χ2n) is 7.02. The van der Waals surface area contributed by atoms with Crippen molar-refractivity contribution < 1.29 is 22.8 Å². The fourth-order valence-electron chi connectivity index (χ4n) is 3.48. The molecule has 0 aliphatic carbocycles. The maximum atomic E-state index is 13.1. The number of rotatable bonds is 3. The first-order chi connectivity index (χ1) is 14.2. The minimum atomic E-state index is -4.57. The molecule has 2 N–H and O–H groups in total. The Kier molecular flexibility index (Phi) is 4.52. The predicted molar refractivity (Wildman–Crippen MR) is 99.7 cm³/mol. The number of nitrogens with zero attached hydrogens (tertiary/aromatic N) is 4. The highest BCUT2D eigenvalue weighted by atomic mass is 19.4. The summed E-state index contributed by atoms with van der Waals surface area (Å²) in [7, 11) is 0. The average Bonchev–Trinajstić information content (AvgIpc) is 3.34. The van der Waals surface area contributed by atoms with E-state index in [1.54, 1.807) is 31.2 Å². The molecule has 4 rings (SSSR count). The van der Waals surface area contributed by atoms with Gasteiger partial charge in [0.15, 0.2) is 0 Å². The van der Waals surface area contributed by atoms with Gasteiger partial charge in [-0.25, -0.2) is 5.10 Å². The van der Waals surface area contributed by atoms with Crippen molar-refractivity contribution in [2.45, 2.75) is 18.5 Å². The summed E-state index contributed by atoms with van der Waals surface area (Å²) in [5.74, 6) is -1.05. The second-order valence-corrected chi connectivity index (χ2v) is 7.02. The second kappa shape index (κ2) is 6.94. The fourth-order valence-corrected chi connectivity index (χ4v) is 3.48. The molecule has 154 valence electrons. The summed E-state index contributed by atoms with van der Waals surface area (Å²) >= 11 is 0. The van der Waals surface area contributed by atoms with Gasteiger partial charge in [-0.1, -0.05) is 29.4 Å². The van der Waals surface area contributed by atoms with Gasteiger partial charge in [-0.15, -0.1) is 0 Å². The van der Waals surface area contributed by atoms with E-state index in [2.05, 4.69) is 25.9 Å². The lowest BCUT2D eigenvalue weighted by Gasteiger charge is -2.24. The molecule has 0 radical (unpaired) electrons. The molecule has 1 aliphatic rings. The van der Waals surface area contributed by atoms with Crippen LogP contribution in [0.1, 0.15) is 28.4 Å². The van der Waals surface area contributed by atoms with E-state index in [0.29, 0.717) is 11.3 Å². The summed E-state index contributed by atoms with van der Waals surface area (Å²) in [4.78, 5) is 27.4. The Bertz CT molecular complexity index is 1120. The normalized spacial score (nSPS) is 18.2. The lowest BCUT2D eigenvalue weighted by atomic mass is 9.83. The van der Waals surface area contributed by atoms with Crippen LogP contribution in [0.2, 0.25) is 0 Å². The standard InChI is InChI=1S/C19H15F3N6O2/c1-18(16(30)23-17-24-26-27-25-17)10-28(14-8-3-2-7-13(14)18)15(29)11-5-4-6-12(9-11)19(20,21)22/h2-9H,10H2,1H3,(H2,23,24,25,26,27,30). The van der Waals surface area contributed by atoms with Crippen molar-refractivity contribution in [2.75, 3.05) is 16.8 Å². The number of hydrogen-bond acceptors (Lipinski definition) is 5. The van der Waals surface area contributed by atoms with Crippen LogP contribution >= 0.6 is 0 Å². The third kappa shape index (κ3) is 3.27. The number of carbonyl (C=O) groups excluding carboxylic acids is 2. The number of halogens is 3. The Morgan fingerprint density at radius 3 is 2.63 bits per heavy atom. The highest BCUT2D eigenvalue weighted by Gasteiger charge is 2.47. The zero-order valence-electron chi connectivity index (χ0n) is 15.6. The molecule has 3 aromatic rings. The molecule has 0 fully saturated rings. The number of anilines is 2. The zero-order chi connectivity index (χ0) is 21.5. The molecule has 2 aromatic carbocycles. The number of amides is 2. The van der Waals surface area contributed by atoms with Gasteiger partial charge in [-0.05, 0) is 47.2 Å². The monoisotopic (exact) mass is 416 g/mol. The summed E-state index contributed by atoms with van der Waals surface area (Å²) < 4.78 is 39.2. The van der Waals surface area contributed by atoms with Gasteiger partial charge < -0.3 is 4.90 Å². The van der Waals surface area contributed by atoms with Crippen molar-refractivity contribution in [2.24, 2.45) is 0 Å². The Morgan fingerprint density at radius 2 is 1.93 bits per heavy atom. The summed E-state index contributed by atoms with van der Waals surface area (Å²) in [6.07, 6.45) is -4.57. The van der Waals surface area contributed by atoms with Crippen LogP contribution in [0.5, 0.6) is 0 Å². The lowest BCUT2D eigenvalue weighted by molar-refractivity contribution is -0.137. The number of alkyl halides is 3. The van der Waals surface area contributed by atoms with Crippen LogP contribution in [-0.2, 0) is 16.4 Å². The number of hydrogen-bond donors (Lipinski definition) is 2. The van der Waals surface area contributed by atoms with Gasteiger partial charge in [-0.3, -0.25) is 14.9 Å². The SMILES string of the molecule is CC1(C(=O)Nc2nnn[nH]2)CN(C(=O)c2cccc(C(F)(F)F)c2)c2ccccc21. The van der Waals surface area contributed by atoms with Crippen molar-refractivity contribution >= 4 is 23.5 Å². The molecule has 8 nitrogen and oxygen atoms in total. The summed E-state index contributed by atoms with van der Waals surface area (Å²) in [6.45, 7) is 1.58. The fraction of sp³-hybridized carbons (Fsp3) is 0.211. The summed E-state index contributed by atoms with van der Waals surface area (Å²) in [5, 5.41) is 15.4. The van der Waals surface area contributed by atoms with E-state index in [0.717, 1.165) is 12.1 Å². The number of tetrazole rings is 1. The number of H-pyrrole nitrogens is 1. The number of aromatic amines is 1. The van der Waals surface area contributed by atoms with Gasteiger partial charge in [0.1, 0.15) is 0 Å².